The summed E-state index contributed by atoms with van der Waals surface area (Å²) in [6.07, 6.45) is 0. The Balaban J connectivity index is 0.000000709. The number of nitriles is 1. The van der Waals surface area contributed by atoms with Gasteiger partial charge >= 0.3 is 5.97 Å². The van der Waals surface area contributed by atoms with Crippen LogP contribution in [0.2, 0.25) is 0 Å². The molecule has 5 rings (SSSR count). The van der Waals surface area contributed by atoms with Crippen molar-refractivity contribution >= 4 is 39.3 Å². The highest BCUT2D eigenvalue weighted by Gasteiger charge is 2.60. The first kappa shape index (κ1) is 24.7. The molecule has 2 aliphatic rings. The van der Waals surface area contributed by atoms with Gasteiger partial charge in [0.15, 0.2) is 5.69 Å². The number of hydrogen-bond acceptors (Lipinski definition) is 8. The van der Waals surface area contributed by atoms with E-state index in [-0.39, 0.29) is 34.4 Å². The van der Waals surface area contributed by atoms with Crippen LogP contribution in [-0.2, 0) is 19.7 Å². The highest BCUT2D eigenvalue weighted by Crippen LogP contribution is 2.55. The van der Waals surface area contributed by atoms with E-state index in [2.05, 4.69) is 26.3 Å². The Kier molecular flexibility index (Phi) is 6.39. The predicted molar refractivity (Wildman–Crippen MR) is 132 cm³/mol. The molecule has 0 fully saturated rings. The van der Waals surface area contributed by atoms with Crippen LogP contribution in [-0.4, -0.2) is 34.6 Å². The molecular weight excluding hydrogens is 530 g/mol. The molecule has 10 nitrogen and oxygen atoms in total. The van der Waals surface area contributed by atoms with Crippen molar-refractivity contribution in [2.24, 2.45) is 5.73 Å². The lowest BCUT2D eigenvalue weighted by molar-refractivity contribution is -0.118. The number of rotatable bonds is 2. The summed E-state index contributed by atoms with van der Waals surface area (Å²) in [6, 6.07) is 16.1. The summed E-state index contributed by atoms with van der Waals surface area (Å²) >= 11 is 3.42. The minimum atomic E-state index is -1.75. The fraction of sp³-hybridized carbons (Fsp3) is 0.160. The number of anilines is 1. The van der Waals surface area contributed by atoms with Crippen LogP contribution in [0.4, 0.5) is 5.69 Å². The Morgan fingerprint density at radius 1 is 1.22 bits per heavy atom. The molecule has 1 spiro atoms. The number of ketones is 1. The normalized spacial score (nSPS) is 17.1. The fourth-order valence-corrected chi connectivity index (χ4v) is 4.55. The number of nitrogens with zero attached hydrogens (tertiary/aromatic N) is 3. The third-order valence-corrected chi connectivity index (χ3v) is 6.01. The van der Waals surface area contributed by atoms with Gasteiger partial charge in [-0.15, -0.1) is 0 Å². The number of para-hydroxylation sites is 1. The highest BCUT2D eigenvalue weighted by atomic mass is 79.9. The van der Waals surface area contributed by atoms with Crippen LogP contribution < -0.4 is 15.8 Å². The molecule has 0 radical (unpaired) electrons. The monoisotopic (exact) mass is 549 g/mol. The van der Waals surface area contributed by atoms with Crippen molar-refractivity contribution in [2.75, 3.05) is 12.4 Å². The molecule has 3 N–H and O–H groups in total. The topological polar surface area (TPSA) is 149 Å². The maximum absolute atomic E-state index is 13.6. The summed E-state index contributed by atoms with van der Waals surface area (Å²) in [6.45, 7) is 3.06. The Morgan fingerprint density at radius 3 is 2.50 bits per heavy atom. The average molecular weight is 550 g/mol. The number of esters is 1. The molecular formula is C25H20BrN5O5. The molecule has 182 valence electrons. The summed E-state index contributed by atoms with van der Waals surface area (Å²) < 4.78 is 12.8. The number of halogens is 1. The first-order valence-electron chi connectivity index (χ1n) is 10.6. The lowest BCUT2D eigenvalue weighted by Crippen LogP contribution is -2.43. The standard InChI is InChI=1S/C22H14BrN5O4.C3H6O/c1-31-20(29)17-16-19(28(27-17)12-5-3-2-4-6-12)32-18(25)14(10-24)22(16)13-9-11(23)7-8-15(13)26-21(22)30;1-3(2)4/h2-9H,25H2,1H3,(H,26,30);1-2H3/t22-;/m1./s1. The summed E-state index contributed by atoms with van der Waals surface area (Å²) in [7, 11) is 1.21. The summed E-state index contributed by atoms with van der Waals surface area (Å²) in [5.74, 6) is -1.37. The highest BCUT2D eigenvalue weighted by molar-refractivity contribution is 9.10. The summed E-state index contributed by atoms with van der Waals surface area (Å²) in [4.78, 5) is 35.8. The third-order valence-electron chi connectivity index (χ3n) is 5.51. The molecule has 3 heterocycles. The van der Waals surface area contributed by atoms with Crippen LogP contribution in [0, 0.1) is 11.3 Å². The molecule has 1 aromatic heterocycles. The van der Waals surface area contributed by atoms with Crippen molar-refractivity contribution in [1.82, 2.24) is 9.78 Å². The zero-order chi connectivity index (χ0) is 26.2. The van der Waals surface area contributed by atoms with Crippen LogP contribution in [0.15, 0.2) is 64.5 Å². The van der Waals surface area contributed by atoms with E-state index in [0.29, 0.717) is 21.4 Å². The van der Waals surface area contributed by atoms with Gasteiger partial charge in [-0.3, -0.25) is 4.79 Å². The number of carbonyl (C=O) groups excluding carboxylic acids is 3. The zero-order valence-corrected chi connectivity index (χ0v) is 21.0. The van der Waals surface area contributed by atoms with Crippen molar-refractivity contribution in [2.45, 2.75) is 19.3 Å². The van der Waals surface area contributed by atoms with Crippen LogP contribution in [0.1, 0.15) is 35.5 Å². The van der Waals surface area contributed by atoms with E-state index in [4.69, 9.17) is 15.2 Å². The number of methoxy groups -OCH3 is 1. The first-order chi connectivity index (χ1) is 17.2. The van der Waals surface area contributed by atoms with Crippen LogP contribution in [0.25, 0.3) is 5.69 Å². The maximum atomic E-state index is 13.6. The van der Waals surface area contributed by atoms with E-state index >= 15 is 0 Å². The third kappa shape index (κ3) is 3.72. The van der Waals surface area contributed by atoms with Gasteiger partial charge in [0.05, 0.1) is 18.4 Å². The van der Waals surface area contributed by atoms with E-state index in [9.17, 15) is 19.6 Å². The molecule has 2 aromatic carbocycles. The van der Waals surface area contributed by atoms with Gasteiger partial charge in [0.1, 0.15) is 22.8 Å². The number of fused-ring (bicyclic) bond motifs is 4. The van der Waals surface area contributed by atoms with Gasteiger partial charge in [0.2, 0.25) is 17.7 Å². The van der Waals surface area contributed by atoms with Gasteiger partial charge in [-0.2, -0.15) is 15.0 Å². The Morgan fingerprint density at radius 2 is 1.89 bits per heavy atom. The van der Waals surface area contributed by atoms with Gasteiger partial charge in [0, 0.05) is 15.7 Å². The molecule has 2 aliphatic heterocycles. The average Bonchev–Trinajstić information content (AvgIpc) is 3.35. The lowest BCUT2D eigenvalue weighted by Gasteiger charge is -2.32. The Labute approximate surface area is 214 Å². The molecule has 0 saturated heterocycles. The summed E-state index contributed by atoms with van der Waals surface area (Å²) in [5, 5.41) is 17.3. The van der Waals surface area contributed by atoms with E-state index in [1.807, 2.05) is 12.1 Å². The van der Waals surface area contributed by atoms with Gasteiger partial charge in [-0.1, -0.05) is 34.1 Å². The van der Waals surface area contributed by atoms with Crippen molar-refractivity contribution in [3.8, 4) is 17.6 Å². The van der Waals surface area contributed by atoms with Crippen molar-refractivity contribution < 1.29 is 23.9 Å². The molecule has 1 amide bonds. The number of aromatic nitrogens is 2. The van der Waals surface area contributed by atoms with E-state index < -0.39 is 17.3 Å². The molecule has 36 heavy (non-hydrogen) atoms. The van der Waals surface area contributed by atoms with Crippen molar-refractivity contribution in [3.63, 3.8) is 0 Å². The van der Waals surface area contributed by atoms with Gasteiger partial charge in [-0.25, -0.2) is 4.79 Å². The molecule has 0 bridgehead atoms. The SMILES string of the molecule is CC(C)=O.COC(=O)c1nn(-c2ccccc2)c2c1[C@]1(C(=O)Nc3ccc(Br)cc31)C(C#N)=C(N)O2. The number of carbonyl (C=O) groups is 3. The minimum Gasteiger partial charge on any atom is -0.464 e. The van der Waals surface area contributed by atoms with E-state index in [1.54, 1.807) is 42.5 Å². The second kappa shape index (κ2) is 9.31. The molecule has 11 heteroatoms. The molecule has 3 aromatic rings. The van der Waals surface area contributed by atoms with Crippen molar-refractivity contribution in [1.29, 1.82) is 5.26 Å². The van der Waals surface area contributed by atoms with E-state index in [1.165, 1.54) is 25.6 Å². The lowest BCUT2D eigenvalue weighted by atomic mass is 9.69. The second-order valence-electron chi connectivity index (χ2n) is 8.02. The van der Waals surface area contributed by atoms with Gasteiger partial charge in [-0.05, 0) is 44.2 Å². The number of amides is 1. The first-order valence-corrected chi connectivity index (χ1v) is 11.4. The molecule has 0 unspecified atom stereocenters. The minimum absolute atomic E-state index is 0.0519. The second-order valence-corrected chi connectivity index (χ2v) is 8.94. The maximum Gasteiger partial charge on any atom is 0.359 e. The smallest absolute Gasteiger partial charge is 0.359 e. The van der Waals surface area contributed by atoms with Crippen LogP contribution in [0.3, 0.4) is 0 Å². The number of ether oxygens (including phenoxy) is 2. The van der Waals surface area contributed by atoms with Crippen LogP contribution >= 0.6 is 15.9 Å². The quantitative estimate of drug-likeness (QED) is 0.462. The number of nitrogens with two attached hydrogens (primary N) is 1. The zero-order valence-electron chi connectivity index (χ0n) is 19.5. The molecule has 0 saturated carbocycles. The van der Waals surface area contributed by atoms with Gasteiger partial charge < -0.3 is 25.3 Å². The number of nitrogens with one attached hydrogen (secondary N) is 1. The number of hydrogen-bond donors (Lipinski definition) is 2. The largest absolute Gasteiger partial charge is 0.464 e. The van der Waals surface area contributed by atoms with Crippen LogP contribution in [0.5, 0.6) is 5.88 Å². The Bertz CT molecular complexity index is 1480. The Hall–Kier alpha value is -4.43. The summed E-state index contributed by atoms with van der Waals surface area (Å²) in [5.41, 5.74) is 5.70. The predicted octanol–water partition coefficient (Wildman–Crippen LogP) is 3.34. The van der Waals surface area contributed by atoms with Crippen molar-refractivity contribution in [3.05, 3.63) is 81.3 Å². The van der Waals surface area contributed by atoms with Gasteiger partial charge in [0.25, 0.3) is 0 Å². The van der Waals surface area contributed by atoms with E-state index in [0.717, 1.165) is 0 Å². The molecule has 0 aliphatic carbocycles. The molecule has 1 atom stereocenters. The number of Topliss-reactive ketones (excluding diaryl/α,β-unsaturated/α-hetero) is 1. The fourth-order valence-electron chi connectivity index (χ4n) is 4.19. The number of benzene rings is 2.